The lowest BCUT2D eigenvalue weighted by atomic mass is 9.84. The average Bonchev–Trinajstić information content (AvgIpc) is 2.94. The van der Waals surface area contributed by atoms with Crippen molar-refractivity contribution in [2.75, 3.05) is 19.8 Å². The van der Waals surface area contributed by atoms with Crippen LogP contribution in [-0.4, -0.2) is 34.5 Å². The highest BCUT2D eigenvalue weighted by Gasteiger charge is 2.40. The second-order valence-corrected chi connectivity index (χ2v) is 8.00. The molecule has 2 aliphatic rings. The van der Waals surface area contributed by atoms with Gasteiger partial charge in [-0.1, -0.05) is 29.8 Å². The molecule has 2 aromatic rings. The molecule has 2 heterocycles. The summed E-state index contributed by atoms with van der Waals surface area (Å²) in [7, 11) is -4.50. The van der Waals surface area contributed by atoms with Gasteiger partial charge in [0.1, 0.15) is 18.2 Å². The van der Waals surface area contributed by atoms with Gasteiger partial charge in [0.15, 0.2) is 0 Å². The van der Waals surface area contributed by atoms with Crippen molar-refractivity contribution in [2.45, 2.75) is 11.8 Å². The fourth-order valence-corrected chi connectivity index (χ4v) is 4.17. The maximum atomic E-state index is 11.0. The molecular formula is C17H17ClNO5P. The van der Waals surface area contributed by atoms with Crippen molar-refractivity contribution in [3.63, 3.8) is 0 Å². The van der Waals surface area contributed by atoms with Crippen molar-refractivity contribution in [3.8, 4) is 11.5 Å². The predicted octanol–water partition coefficient (Wildman–Crippen LogP) is 3.70. The van der Waals surface area contributed by atoms with E-state index in [1.54, 1.807) is 6.07 Å². The largest absolute Gasteiger partial charge is 0.470 e. The number of phosphoric acid groups is 1. The van der Waals surface area contributed by atoms with E-state index in [9.17, 15) is 4.57 Å². The second-order valence-electron chi connectivity index (χ2n) is 6.32. The smallest absolute Gasteiger partial charge is 0.457 e. The third-order valence-electron chi connectivity index (χ3n) is 4.71. The van der Waals surface area contributed by atoms with E-state index in [4.69, 9.17) is 26.1 Å². The van der Waals surface area contributed by atoms with Gasteiger partial charge in [0.05, 0.1) is 0 Å². The highest BCUT2D eigenvalue weighted by Crippen LogP contribution is 2.50. The van der Waals surface area contributed by atoms with Crippen molar-refractivity contribution in [2.24, 2.45) is 0 Å². The van der Waals surface area contributed by atoms with Crippen molar-refractivity contribution in [1.82, 2.24) is 4.90 Å². The van der Waals surface area contributed by atoms with E-state index in [-0.39, 0.29) is 18.6 Å². The molecule has 0 spiro atoms. The van der Waals surface area contributed by atoms with Gasteiger partial charge in [-0.2, -0.15) is 0 Å². The summed E-state index contributed by atoms with van der Waals surface area (Å²) >= 11 is 6.19. The van der Waals surface area contributed by atoms with E-state index >= 15 is 0 Å². The van der Waals surface area contributed by atoms with Gasteiger partial charge in [0, 0.05) is 35.5 Å². The number of benzene rings is 2. The molecule has 2 atom stereocenters. The van der Waals surface area contributed by atoms with Crippen LogP contribution in [0, 0.1) is 0 Å². The Bertz CT molecular complexity index is 855. The van der Waals surface area contributed by atoms with Crippen LogP contribution in [-0.2, 0) is 9.09 Å². The zero-order valence-electron chi connectivity index (χ0n) is 13.2. The molecule has 6 nitrogen and oxygen atoms in total. The number of ether oxygens (including phenoxy) is 1. The highest BCUT2D eigenvalue weighted by atomic mass is 35.5. The Labute approximate surface area is 150 Å². The van der Waals surface area contributed by atoms with Crippen LogP contribution in [0.15, 0.2) is 42.5 Å². The first-order valence-corrected chi connectivity index (χ1v) is 9.80. The first-order valence-electron chi connectivity index (χ1n) is 7.89. The molecule has 2 unspecified atom stereocenters. The number of halogens is 1. The monoisotopic (exact) mass is 381 g/mol. The van der Waals surface area contributed by atoms with Crippen LogP contribution in [0.25, 0.3) is 0 Å². The van der Waals surface area contributed by atoms with E-state index in [0.717, 1.165) is 22.6 Å². The van der Waals surface area contributed by atoms with Gasteiger partial charge >= 0.3 is 7.82 Å². The summed E-state index contributed by atoms with van der Waals surface area (Å²) in [5, 5.41) is 0.636. The van der Waals surface area contributed by atoms with Crippen LogP contribution in [0.1, 0.15) is 23.0 Å². The molecule has 0 amide bonds. The molecule has 0 saturated carbocycles. The Kier molecular flexibility index (Phi) is 4.36. The molecule has 0 aromatic heterocycles. The van der Waals surface area contributed by atoms with E-state index in [2.05, 4.69) is 4.52 Å². The van der Waals surface area contributed by atoms with Crippen molar-refractivity contribution in [1.29, 1.82) is 0 Å². The molecule has 0 aliphatic carbocycles. The summed E-state index contributed by atoms with van der Waals surface area (Å²) in [6.45, 7) is 1.11. The number of hydrogen-bond acceptors (Lipinski definition) is 4. The summed E-state index contributed by atoms with van der Waals surface area (Å²) in [5.41, 5.74) is 2.09. The van der Waals surface area contributed by atoms with Crippen LogP contribution in [0.5, 0.6) is 11.5 Å². The Morgan fingerprint density at radius 3 is 2.56 bits per heavy atom. The number of phosphoric ester groups is 1. The fourth-order valence-electron chi connectivity index (χ4n) is 3.68. The molecule has 2 aromatic carbocycles. The number of rotatable bonds is 3. The Morgan fingerprint density at radius 2 is 1.80 bits per heavy atom. The molecule has 0 radical (unpaired) electrons. The summed E-state index contributed by atoms with van der Waals surface area (Å²) in [4.78, 5) is 19.8. The SMILES string of the molecule is O=P(O)(O)OCN1CC2c3ccccc3Oc3ccc(Cl)cc3C2C1. The van der Waals surface area contributed by atoms with Gasteiger partial charge in [-0.25, -0.2) is 4.57 Å². The number of fused-ring (bicyclic) bond motifs is 5. The van der Waals surface area contributed by atoms with Gasteiger partial charge in [-0.15, -0.1) is 0 Å². The van der Waals surface area contributed by atoms with Gasteiger partial charge in [-0.05, 0) is 29.8 Å². The molecule has 4 rings (SSSR count). The molecule has 1 saturated heterocycles. The average molecular weight is 382 g/mol. The van der Waals surface area contributed by atoms with Crippen LogP contribution in [0.4, 0.5) is 0 Å². The molecule has 8 heteroatoms. The van der Waals surface area contributed by atoms with E-state index < -0.39 is 7.82 Å². The molecule has 0 bridgehead atoms. The minimum Gasteiger partial charge on any atom is -0.457 e. The van der Waals surface area contributed by atoms with E-state index in [1.165, 1.54) is 0 Å². The Morgan fingerprint density at radius 1 is 1.12 bits per heavy atom. The van der Waals surface area contributed by atoms with E-state index in [1.807, 2.05) is 41.3 Å². The standard InChI is InChI=1S/C17H17ClNO5P/c18-11-5-6-17-13(7-11)15-9-19(10-23-25(20,21)22)8-14(15)12-3-1-2-4-16(12)24-17/h1-7,14-15H,8-10H2,(H2,20,21,22). The number of para-hydroxylation sites is 1. The Balaban J connectivity index is 1.71. The Hall–Kier alpha value is -1.40. The predicted molar refractivity (Wildman–Crippen MR) is 93.0 cm³/mol. The molecule has 132 valence electrons. The summed E-state index contributed by atoms with van der Waals surface area (Å²) < 4.78 is 21.8. The van der Waals surface area contributed by atoms with Crippen molar-refractivity contribution in [3.05, 3.63) is 58.6 Å². The summed E-state index contributed by atoms with van der Waals surface area (Å²) in [6, 6.07) is 13.4. The van der Waals surface area contributed by atoms with Gasteiger partial charge in [0.2, 0.25) is 0 Å². The summed E-state index contributed by atoms with van der Waals surface area (Å²) in [6.07, 6.45) is 0. The minimum atomic E-state index is -4.50. The first kappa shape index (κ1) is 17.0. The fraction of sp³-hybridized carbons (Fsp3) is 0.294. The van der Waals surface area contributed by atoms with Crippen LogP contribution >= 0.6 is 19.4 Å². The van der Waals surface area contributed by atoms with Crippen LogP contribution in [0.2, 0.25) is 5.02 Å². The zero-order valence-corrected chi connectivity index (χ0v) is 14.9. The number of hydrogen-bond donors (Lipinski definition) is 2. The highest BCUT2D eigenvalue weighted by molar-refractivity contribution is 7.46. The zero-order chi connectivity index (χ0) is 17.6. The topological polar surface area (TPSA) is 79.2 Å². The van der Waals surface area contributed by atoms with Gasteiger partial charge in [-0.3, -0.25) is 9.42 Å². The number of likely N-dealkylation sites (tertiary alicyclic amines) is 1. The lowest BCUT2D eigenvalue weighted by Gasteiger charge is -2.18. The lowest BCUT2D eigenvalue weighted by molar-refractivity contribution is 0.107. The van der Waals surface area contributed by atoms with Crippen molar-refractivity contribution < 1.29 is 23.6 Å². The first-order chi connectivity index (χ1) is 11.9. The maximum Gasteiger partial charge on any atom is 0.470 e. The molecule has 2 aliphatic heterocycles. The van der Waals surface area contributed by atoms with Crippen molar-refractivity contribution >= 4 is 19.4 Å². The molecule has 2 N–H and O–H groups in total. The van der Waals surface area contributed by atoms with Gasteiger partial charge < -0.3 is 14.5 Å². The minimum absolute atomic E-state index is 0.109. The lowest BCUT2D eigenvalue weighted by Crippen LogP contribution is -2.23. The molecule has 1 fully saturated rings. The maximum absolute atomic E-state index is 11.0. The molecule has 25 heavy (non-hydrogen) atoms. The van der Waals surface area contributed by atoms with Crippen LogP contribution in [0.3, 0.4) is 0 Å². The van der Waals surface area contributed by atoms with E-state index in [0.29, 0.717) is 18.1 Å². The third-order valence-corrected chi connectivity index (χ3v) is 5.40. The number of nitrogens with zero attached hydrogens (tertiary/aromatic N) is 1. The third kappa shape index (κ3) is 3.47. The summed E-state index contributed by atoms with van der Waals surface area (Å²) in [5.74, 6) is 1.81. The second kappa shape index (κ2) is 6.40. The van der Waals surface area contributed by atoms with Crippen LogP contribution < -0.4 is 4.74 Å². The normalized spacial score (nSPS) is 22.5. The molecular weight excluding hydrogens is 365 g/mol. The quantitative estimate of drug-likeness (QED) is 0.789. The van der Waals surface area contributed by atoms with Gasteiger partial charge in [0.25, 0.3) is 0 Å².